The molecule has 1 N–H and O–H groups in total. The Kier molecular flexibility index (Phi) is 5.30. The van der Waals surface area contributed by atoms with Gasteiger partial charge in [-0.25, -0.2) is 0 Å². The molecule has 3 rings (SSSR count). The summed E-state index contributed by atoms with van der Waals surface area (Å²) in [5.74, 6) is 0.688. The lowest BCUT2D eigenvalue weighted by atomic mass is 10.1. The summed E-state index contributed by atoms with van der Waals surface area (Å²) in [5, 5.41) is 7.70. The number of hydrogen-bond acceptors (Lipinski definition) is 3. The van der Waals surface area contributed by atoms with Crippen LogP contribution >= 0.6 is 0 Å². The standard InChI is InChI=1S/C19H26N4O/c1-3-18-17(19(24)22-10-9-16(13-22)11-20-2)12-21-23(18)14-15-7-5-4-6-8-15/h4-8,12,16,20H,3,9-11,13-14H2,1-2H3. The third-order valence-corrected chi connectivity index (χ3v) is 4.76. The average molecular weight is 326 g/mol. The Labute approximate surface area is 143 Å². The number of rotatable bonds is 6. The van der Waals surface area contributed by atoms with Gasteiger partial charge in [0.2, 0.25) is 0 Å². The van der Waals surface area contributed by atoms with Crippen LogP contribution in [0.15, 0.2) is 36.5 Å². The lowest BCUT2D eigenvalue weighted by Gasteiger charge is -2.17. The van der Waals surface area contributed by atoms with Gasteiger partial charge in [0.1, 0.15) is 0 Å². The zero-order valence-corrected chi connectivity index (χ0v) is 14.5. The molecule has 5 nitrogen and oxygen atoms in total. The second-order valence-corrected chi connectivity index (χ2v) is 6.47. The van der Waals surface area contributed by atoms with Gasteiger partial charge in [0, 0.05) is 13.1 Å². The Balaban J connectivity index is 1.75. The molecule has 24 heavy (non-hydrogen) atoms. The van der Waals surface area contributed by atoms with Crippen LogP contribution < -0.4 is 5.32 Å². The molecule has 5 heteroatoms. The summed E-state index contributed by atoms with van der Waals surface area (Å²) in [6, 6.07) is 10.2. The number of carbonyl (C=O) groups is 1. The summed E-state index contributed by atoms with van der Waals surface area (Å²) in [5.41, 5.74) is 2.99. The Morgan fingerprint density at radius 3 is 2.83 bits per heavy atom. The van der Waals surface area contributed by atoms with Gasteiger partial charge in [0.15, 0.2) is 0 Å². The van der Waals surface area contributed by atoms with Crippen LogP contribution in [0.25, 0.3) is 0 Å². The fraction of sp³-hybridized carbons (Fsp3) is 0.474. The number of nitrogens with zero attached hydrogens (tertiary/aromatic N) is 3. The number of hydrogen-bond donors (Lipinski definition) is 1. The van der Waals surface area contributed by atoms with Crippen molar-refractivity contribution in [2.75, 3.05) is 26.7 Å². The van der Waals surface area contributed by atoms with Gasteiger partial charge in [-0.2, -0.15) is 5.10 Å². The highest BCUT2D eigenvalue weighted by molar-refractivity contribution is 5.95. The Morgan fingerprint density at radius 2 is 2.12 bits per heavy atom. The summed E-state index contributed by atoms with van der Waals surface area (Å²) in [4.78, 5) is 14.9. The van der Waals surface area contributed by atoms with Crippen molar-refractivity contribution in [2.45, 2.75) is 26.3 Å². The molecular weight excluding hydrogens is 300 g/mol. The first-order chi connectivity index (χ1) is 11.7. The second kappa shape index (κ2) is 7.62. The predicted molar refractivity (Wildman–Crippen MR) is 95.1 cm³/mol. The van der Waals surface area contributed by atoms with E-state index in [1.807, 2.05) is 34.8 Å². The zero-order chi connectivity index (χ0) is 16.9. The maximum atomic E-state index is 12.9. The van der Waals surface area contributed by atoms with Crippen molar-refractivity contribution < 1.29 is 4.79 Å². The molecule has 0 aliphatic carbocycles. The monoisotopic (exact) mass is 326 g/mol. The van der Waals surface area contributed by atoms with Crippen molar-refractivity contribution in [2.24, 2.45) is 5.92 Å². The third kappa shape index (κ3) is 3.51. The zero-order valence-electron chi connectivity index (χ0n) is 14.5. The number of aromatic nitrogens is 2. The maximum absolute atomic E-state index is 12.9. The molecule has 1 aliphatic rings. The van der Waals surface area contributed by atoms with E-state index < -0.39 is 0 Å². The maximum Gasteiger partial charge on any atom is 0.257 e. The van der Waals surface area contributed by atoms with Gasteiger partial charge in [0.25, 0.3) is 5.91 Å². The quantitative estimate of drug-likeness (QED) is 0.885. The smallest absolute Gasteiger partial charge is 0.257 e. The first-order valence-electron chi connectivity index (χ1n) is 8.75. The molecule has 0 spiro atoms. The van der Waals surface area contributed by atoms with E-state index in [-0.39, 0.29) is 5.91 Å². The summed E-state index contributed by atoms with van der Waals surface area (Å²) in [7, 11) is 1.97. The highest BCUT2D eigenvalue weighted by Gasteiger charge is 2.28. The van der Waals surface area contributed by atoms with Gasteiger partial charge < -0.3 is 10.2 Å². The summed E-state index contributed by atoms with van der Waals surface area (Å²) in [6.45, 7) is 5.45. The summed E-state index contributed by atoms with van der Waals surface area (Å²) in [6.07, 6.45) is 3.63. The molecule has 1 atom stereocenters. The van der Waals surface area contributed by atoms with E-state index in [0.717, 1.165) is 43.7 Å². The number of amides is 1. The summed E-state index contributed by atoms with van der Waals surface area (Å²) < 4.78 is 1.96. The molecule has 1 amide bonds. The van der Waals surface area contributed by atoms with E-state index in [1.54, 1.807) is 6.20 Å². The van der Waals surface area contributed by atoms with Crippen molar-refractivity contribution in [1.82, 2.24) is 20.0 Å². The number of likely N-dealkylation sites (tertiary alicyclic amines) is 1. The van der Waals surface area contributed by atoms with Crippen molar-refractivity contribution in [3.05, 3.63) is 53.3 Å². The van der Waals surface area contributed by atoms with E-state index in [0.29, 0.717) is 12.5 Å². The van der Waals surface area contributed by atoms with Gasteiger partial charge >= 0.3 is 0 Å². The SMILES string of the molecule is CCc1c(C(=O)N2CCC(CNC)C2)cnn1Cc1ccccc1. The molecular formula is C19H26N4O. The van der Waals surface area contributed by atoms with Gasteiger partial charge in [-0.1, -0.05) is 37.3 Å². The number of nitrogens with one attached hydrogen (secondary N) is 1. The van der Waals surface area contributed by atoms with Gasteiger partial charge in [0.05, 0.1) is 24.0 Å². The van der Waals surface area contributed by atoms with Gasteiger partial charge in [-0.05, 0) is 37.9 Å². The van der Waals surface area contributed by atoms with E-state index in [9.17, 15) is 4.79 Å². The first kappa shape index (κ1) is 16.7. The molecule has 1 fully saturated rings. The van der Waals surface area contributed by atoms with E-state index in [2.05, 4.69) is 29.5 Å². The molecule has 2 aromatic rings. The first-order valence-corrected chi connectivity index (χ1v) is 8.75. The molecule has 1 aliphatic heterocycles. The van der Waals surface area contributed by atoms with E-state index in [1.165, 1.54) is 5.56 Å². The highest BCUT2D eigenvalue weighted by Crippen LogP contribution is 2.20. The van der Waals surface area contributed by atoms with Crippen LogP contribution in [0.2, 0.25) is 0 Å². The molecule has 1 aromatic heterocycles. The Bertz CT molecular complexity index is 680. The van der Waals surface area contributed by atoms with Crippen molar-refractivity contribution in [3.8, 4) is 0 Å². The number of benzene rings is 1. The fourth-order valence-electron chi connectivity index (χ4n) is 3.50. The summed E-state index contributed by atoms with van der Waals surface area (Å²) >= 11 is 0. The molecule has 128 valence electrons. The van der Waals surface area contributed by atoms with E-state index in [4.69, 9.17) is 0 Å². The fourth-order valence-corrected chi connectivity index (χ4v) is 3.50. The van der Waals surface area contributed by atoms with Crippen molar-refractivity contribution in [3.63, 3.8) is 0 Å². The highest BCUT2D eigenvalue weighted by atomic mass is 16.2. The van der Waals surface area contributed by atoms with Crippen LogP contribution in [-0.2, 0) is 13.0 Å². The topological polar surface area (TPSA) is 50.2 Å². The number of carbonyl (C=O) groups excluding carboxylic acids is 1. The normalized spacial score (nSPS) is 17.4. The van der Waals surface area contributed by atoms with Crippen LogP contribution in [-0.4, -0.2) is 47.3 Å². The molecule has 1 aromatic carbocycles. The molecule has 0 bridgehead atoms. The van der Waals surface area contributed by atoms with Gasteiger partial charge in [-0.3, -0.25) is 9.48 Å². The van der Waals surface area contributed by atoms with Gasteiger partial charge in [-0.15, -0.1) is 0 Å². The third-order valence-electron chi connectivity index (χ3n) is 4.76. The van der Waals surface area contributed by atoms with Crippen LogP contribution in [0, 0.1) is 5.92 Å². The minimum Gasteiger partial charge on any atom is -0.338 e. The molecule has 1 saturated heterocycles. The largest absolute Gasteiger partial charge is 0.338 e. The Hall–Kier alpha value is -2.14. The van der Waals surface area contributed by atoms with Crippen LogP contribution in [0.5, 0.6) is 0 Å². The lowest BCUT2D eigenvalue weighted by Crippen LogP contribution is -2.30. The van der Waals surface area contributed by atoms with E-state index >= 15 is 0 Å². The molecule has 0 radical (unpaired) electrons. The van der Waals surface area contributed by atoms with Crippen molar-refractivity contribution in [1.29, 1.82) is 0 Å². The minimum atomic E-state index is 0.129. The van der Waals surface area contributed by atoms with Crippen LogP contribution in [0.4, 0.5) is 0 Å². The van der Waals surface area contributed by atoms with Crippen LogP contribution in [0.1, 0.15) is 35.0 Å². The predicted octanol–water partition coefficient (Wildman–Crippen LogP) is 2.18. The molecule has 0 saturated carbocycles. The Morgan fingerprint density at radius 1 is 1.33 bits per heavy atom. The minimum absolute atomic E-state index is 0.129. The second-order valence-electron chi connectivity index (χ2n) is 6.47. The average Bonchev–Trinajstić information content (AvgIpc) is 3.22. The molecule has 2 heterocycles. The van der Waals surface area contributed by atoms with Crippen LogP contribution in [0.3, 0.4) is 0 Å². The molecule has 1 unspecified atom stereocenters. The lowest BCUT2D eigenvalue weighted by molar-refractivity contribution is 0.0786. The van der Waals surface area contributed by atoms with Crippen molar-refractivity contribution >= 4 is 5.91 Å².